The van der Waals surface area contributed by atoms with Crippen LogP contribution in [0.1, 0.15) is 35.4 Å². The van der Waals surface area contributed by atoms with Gasteiger partial charge in [0.05, 0.1) is 6.54 Å². The predicted molar refractivity (Wildman–Crippen MR) is 130 cm³/mol. The molecule has 4 rings (SSSR count). The van der Waals surface area contributed by atoms with Crippen molar-refractivity contribution in [3.05, 3.63) is 77.4 Å². The van der Waals surface area contributed by atoms with Crippen LogP contribution in [0.5, 0.6) is 11.5 Å². The van der Waals surface area contributed by atoms with E-state index in [0.717, 1.165) is 49.1 Å². The molecular formula is C27H35N3O3. The molecule has 1 aromatic heterocycles. The van der Waals surface area contributed by atoms with Gasteiger partial charge in [-0.05, 0) is 62.9 Å². The molecule has 0 radical (unpaired) electrons. The minimum Gasteiger partial charge on any atom is -0.492 e. The molecule has 0 bridgehead atoms. The minimum absolute atomic E-state index is 0.338. The van der Waals surface area contributed by atoms with E-state index in [1.165, 1.54) is 11.1 Å². The van der Waals surface area contributed by atoms with E-state index in [1.807, 2.05) is 50.5 Å². The van der Waals surface area contributed by atoms with Gasteiger partial charge in [0.15, 0.2) is 0 Å². The van der Waals surface area contributed by atoms with Crippen LogP contribution in [0.15, 0.2) is 54.9 Å². The summed E-state index contributed by atoms with van der Waals surface area (Å²) in [5.41, 5.74) is 2.78. The number of aromatic nitrogens is 2. The largest absolute Gasteiger partial charge is 0.492 e. The van der Waals surface area contributed by atoms with Crippen LogP contribution >= 0.6 is 0 Å². The Morgan fingerprint density at radius 3 is 2.58 bits per heavy atom. The van der Waals surface area contributed by atoms with Gasteiger partial charge in [-0.2, -0.15) is 0 Å². The highest BCUT2D eigenvalue weighted by Crippen LogP contribution is 2.27. The standard InChI is InChI=1S/C27H35N3O3/c1-21-7-8-26(22(2)17-21)33-20-27(31)9-12-29(13-10-27)19-24-5-4-6-25(18-24)32-16-15-30-14-11-28-23(30)3/h4-8,11,14,17-18,31H,9-10,12-13,15-16,19-20H2,1-3H3. The van der Waals surface area contributed by atoms with E-state index in [-0.39, 0.29) is 0 Å². The lowest BCUT2D eigenvalue weighted by Crippen LogP contribution is -2.47. The molecule has 1 aliphatic heterocycles. The zero-order valence-electron chi connectivity index (χ0n) is 20.0. The highest BCUT2D eigenvalue weighted by atomic mass is 16.5. The Morgan fingerprint density at radius 2 is 1.85 bits per heavy atom. The lowest BCUT2D eigenvalue weighted by Gasteiger charge is -2.38. The third-order valence-electron chi connectivity index (χ3n) is 6.44. The fourth-order valence-electron chi connectivity index (χ4n) is 4.34. The summed E-state index contributed by atoms with van der Waals surface area (Å²) < 4.78 is 14.0. The molecule has 2 heterocycles. The normalized spacial score (nSPS) is 16.0. The molecule has 3 aromatic rings. The third kappa shape index (κ3) is 6.36. The number of aliphatic hydroxyl groups is 1. The number of hydrogen-bond donors (Lipinski definition) is 1. The Hall–Kier alpha value is -2.83. The Morgan fingerprint density at radius 1 is 1.03 bits per heavy atom. The lowest BCUT2D eigenvalue weighted by molar-refractivity contribution is -0.0538. The second kappa shape index (κ2) is 10.4. The molecule has 33 heavy (non-hydrogen) atoms. The van der Waals surface area contributed by atoms with Gasteiger partial charge in [-0.1, -0.05) is 29.8 Å². The highest BCUT2D eigenvalue weighted by molar-refractivity contribution is 5.35. The summed E-state index contributed by atoms with van der Waals surface area (Å²) in [7, 11) is 0. The van der Waals surface area contributed by atoms with Crippen molar-refractivity contribution in [3.8, 4) is 11.5 Å². The van der Waals surface area contributed by atoms with Crippen molar-refractivity contribution in [1.29, 1.82) is 0 Å². The topological polar surface area (TPSA) is 59.8 Å². The maximum Gasteiger partial charge on any atom is 0.122 e. The highest BCUT2D eigenvalue weighted by Gasteiger charge is 2.33. The van der Waals surface area contributed by atoms with E-state index in [9.17, 15) is 5.11 Å². The van der Waals surface area contributed by atoms with Crippen molar-refractivity contribution in [2.75, 3.05) is 26.3 Å². The first-order chi connectivity index (χ1) is 15.9. The maximum absolute atomic E-state index is 11.0. The van der Waals surface area contributed by atoms with Crippen LogP contribution in [0.4, 0.5) is 0 Å². The lowest BCUT2D eigenvalue weighted by atomic mass is 9.92. The van der Waals surface area contributed by atoms with Gasteiger partial charge in [0.2, 0.25) is 0 Å². The molecule has 0 saturated carbocycles. The molecule has 1 aliphatic rings. The summed E-state index contributed by atoms with van der Waals surface area (Å²) in [6.45, 7) is 10.4. The molecule has 0 amide bonds. The van der Waals surface area contributed by atoms with Gasteiger partial charge in [-0.15, -0.1) is 0 Å². The van der Waals surface area contributed by atoms with Crippen LogP contribution in [0.2, 0.25) is 0 Å². The van der Waals surface area contributed by atoms with E-state index in [2.05, 4.69) is 39.6 Å². The van der Waals surface area contributed by atoms with Crippen molar-refractivity contribution >= 4 is 0 Å². The predicted octanol–water partition coefficient (Wildman–Crippen LogP) is 4.29. The monoisotopic (exact) mass is 449 g/mol. The van der Waals surface area contributed by atoms with Crippen molar-refractivity contribution in [1.82, 2.24) is 14.5 Å². The molecule has 0 spiro atoms. The smallest absolute Gasteiger partial charge is 0.122 e. The van der Waals surface area contributed by atoms with Gasteiger partial charge in [0.25, 0.3) is 0 Å². The molecule has 176 valence electrons. The number of hydrogen-bond acceptors (Lipinski definition) is 5. The average molecular weight is 450 g/mol. The van der Waals surface area contributed by atoms with E-state index in [0.29, 0.717) is 26.1 Å². The summed E-state index contributed by atoms with van der Waals surface area (Å²) in [5.74, 6) is 2.74. The van der Waals surface area contributed by atoms with Gasteiger partial charge < -0.3 is 19.1 Å². The summed E-state index contributed by atoms with van der Waals surface area (Å²) in [5, 5.41) is 11.0. The van der Waals surface area contributed by atoms with E-state index in [1.54, 1.807) is 0 Å². The number of ether oxygens (including phenoxy) is 2. The molecule has 1 saturated heterocycles. The number of piperidine rings is 1. The van der Waals surface area contributed by atoms with Crippen molar-refractivity contribution in [3.63, 3.8) is 0 Å². The van der Waals surface area contributed by atoms with Crippen LogP contribution in [-0.2, 0) is 13.1 Å². The van der Waals surface area contributed by atoms with Crippen molar-refractivity contribution in [2.45, 2.75) is 52.3 Å². The van der Waals surface area contributed by atoms with Gasteiger partial charge in [-0.3, -0.25) is 4.90 Å². The molecule has 6 nitrogen and oxygen atoms in total. The van der Waals surface area contributed by atoms with Crippen LogP contribution in [0, 0.1) is 20.8 Å². The maximum atomic E-state index is 11.0. The summed E-state index contributed by atoms with van der Waals surface area (Å²) in [4.78, 5) is 6.63. The van der Waals surface area contributed by atoms with Crippen LogP contribution in [0.3, 0.4) is 0 Å². The molecule has 0 aliphatic carbocycles. The molecule has 6 heteroatoms. The second-order valence-electron chi connectivity index (χ2n) is 9.22. The first kappa shape index (κ1) is 23.3. The number of rotatable bonds is 9. The third-order valence-corrected chi connectivity index (χ3v) is 6.44. The SMILES string of the molecule is Cc1ccc(OCC2(O)CCN(Cc3cccc(OCCn4ccnc4C)c3)CC2)c(C)c1. The molecule has 1 fully saturated rings. The van der Waals surface area contributed by atoms with Gasteiger partial charge in [0, 0.05) is 32.0 Å². The fraction of sp³-hybridized carbons (Fsp3) is 0.444. The molecule has 0 atom stereocenters. The summed E-state index contributed by atoms with van der Waals surface area (Å²) in [6.07, 6.45) is 5.20. The number of nitrogens with zero attached hydrogens (tertiary/aromatic N) is 3. The first-order valence-corrected chi connectivity index (χ1v) is 11.7. The van der Waals surface area contributed by atoms with Gasteiger partial charge in [-0.25, -0.2) is 4.98 Å². The van der Waals surface area contributed by atoms with Gasteiger partial charge in [0.1, 0.15) is 36.1 Å². The average Bonchev–Trinajstić information content (AvgIpc) is 3.20. The Bertz CT molecular complexity index is 1050. The number of benzene rings is 2. The van der Waals surface area contributed by atoms with Crippen molar-refractivity contribution < 1.29 is 14.6 Å². The fourth-order valence-corrected chi connectivity index (χ4v) is 4.34. The zero-order valence-corrected chi connectivity index (χ0v) is 20.0. The van der Waals surface area contributed by atoms with E-state index in [4.69, 9.17) is 9.47 Å². The molecular weight excluding hydrogens is 414 g/mol. The number of likely N-dealkylation sites (tertiary alicyclic amines) is 1. The summed E-state index contributed by atoms with van der Waals surface area (Å²) >= 11 is 0. The van der Waals surface area contributed by atoms with Crippen LogP contribution < -0.4 is 9.47 Å². The van der Waals surface area contributed by atoms with Crippen molar-refractivity contribution in [2.24, 2.45) is 0 Å². The molecule has 2 aromatic carbocycles. The van der Waals surface area contributed by atoms with E-state index < -0.39 is 5.60 Å². The minimum atomic E-state index is -0.774. The first-order valence-electron chi connectivity index (χ1n) is 11.7. The second-order valence-corrected chi connectivity index (χ2v) is 9.22. The number of imidazole rings is 1. The quantitative estimate of drug-likeness (QED) is 0.528. The molecule has 0 unspecified atom stereocenters. The van der Waals surface area contributed by atoms with E-state index >= 15 is 0 Å². The number of aryl methyl sites for hydroxylation is 3. The van der Waals surface area contributed by atoms with Gasteiger partial charge >= 0.3 is 0 Å². The Kier molecular flexibility index (Phi) is 7.36. The Balaban J connectivity index is 1.23. The molecule has 1 N–H and O–H groups in total. The van der Waals surface area contributed by atoms with Crippen LogP contribution in [0.25, 0.3) is 0 Å². The summed E-state index contributed by atoms with van der Waals surface area (Å²) in [6, 6.07) is 14.5. The van der Waals surface area contributed by atoms with Crippen LogP contribution in [-0.4, -0.2) is 51.5 Å². The zero-order chi connectivity index (χ0) is 23.3. The Labute approximate surface area is 196 Å².